The molecule has 0 spiro atoms. The zero-order valence-electron chi connectivity index (χ0n) is 17.7. The number of anilines is 1. The largest absolute Gasteiger partial charge is 0.462 e. The van der Waals surface area contributed by atoms with E-state index in [0.717, 1.165) is 5.56 Å². The average molecular weight is 423 g/mol. The monoisotopic (exact) mass is 423 g/mol. The van der Waals surface area contributed by atoms with Crippen molar-refractivity contribution in [1.82, 2.24) is 10.2 Å². The molecule has 0 fully saturated rings. The van der Waals surface area contributed by atoms with Crippen LogP contribution in [0.3, 0.4) is 0 Å². The summed E-state index contributed by atoms with van der Waals surface area (Å²) in [6.07, 6.45) is 0. The molecule has 31 heavy (non-hydrogen) atoms. The van der Waals surface area contributed by atoms with Gasteiger partial charge < -0.3 is 15.4 Å². The topological polar surface area (TPSA) is 105 Å². The summed E-state index contributed by atoms with van der Waals surface area (Å²) in [7, 11) is 0. The standard InChI is InChI=1S/C23H25N3O5/c1-4-31-22(29)16-7-5-15(6-8-16)12-24-23(30)25-17-9-10-18-19(11-17)21(28)26(20(18)27)13-14(2)3/h5-11,14H,4,12-13H2,1-3H3,(H2,24,25,30). The molecule has 3 rings (SSSR count). The van der Waals surface area contributed by atoms with Gasteiger partial charge >= 0.3 is 12.0 Å². The van der Waals surface area contributed by atoms with Gasteiger partial charge in [-0.25, -0.2) is 9.59 Å². The highest BCUT2D eigenvalue weighted by Crippen LogP contribution is 2.26. The maximum absolute atomic E-state index is 12.6. The third kappa shape index (κ3) is 5.09. The predicted octanol–water partition coefficient (Wildman–Crippen LogP) is 3.44. The average Bonchev–Trinajstić information content (AvgIpc) is 2.97. The zero-order valence-corrected chi connectivity index (χ0v) is 17.7. The first-order valence-electron chi connectivity index (χ1n) is 10.1. The van der Waals surface area contributed by atoms with E-state index in [-0.39, 0.29) is 29.8 Å². The van der Waals surface area contributed by atoms with E-state index in [0.29, 0.717) is 30.0 Å². The summed E-state index contributed by atoms with van der Waals surface area (Å²) in [6.45, 7) is 6.52. The number of imide groups is 1. The van der Waals surface area contributed by atoms with Gasteiger partial charge in [0.25, 0.3) is 11.8 Å². The van der Waals surface area contributed by atoms with E-state index in [1.54, 1.807) is 43.3 Å². The number of amides is 4. The molecule has 1 aliphatic heterocycles. The van der Waals surface area contributed by atoms with Crippen LogP contribution in [-0.4, -0.2) is 41.9 Å². The summed E-state index contributed by atoms with van der Waals surface area (Å²) in [5.41, 5.74) is 2.30. The Bertz CT molecular complexity index is 1010. The Kier molecular flexibility index (Phi) is 6.69. The fraction of sp³-hybridized carbons (Fsp3) is 0.304. The Balaban J connectivity index is 1.59. The predicted molar refractivity (Wildman–Crippen MR) is 115 cm³/mol. The third-order valence-corrected chi connectivity index (χ3v) is 4.69. The molecule has 0 atom stereocenters. The number of ether oxygens (including phenoxy) is 1. The molecule has 8 nitrogen and oxygen atoms in total. The maximum Gasteiger partial charge on any atom is 0.338 e. The van der Waals surface area contributed by atoms with Gasteiger partial charge in [0, 0.05) is 18.8 Å². The smallest absolute Gasteiger partial charge is 0.338 e. The second-order valence-electron chi connectivity index (χ2n) is 7.60. The fourth-order valence-electron chi connectivity index (χ4n) is 3.23. The number of carbonyl (C=O) groups is 4. The first-order chi connectivity index (χ1) is 14.8. The molecule has 0 radical (unpaired) electrons. The van der Waals surface area contributed by atoms with Crippen LogP contribution in [0.1, 0.15) is 57.4 Å². The van der Waals surface area contributed by atoms with Crippen molar-refractivity contribution >= 4 is 29.5 Å². The van der Waals surface area contributed by atoms with Crippen LogP contribution in [0.5, 0.6) is 0 Å². The minimum absolute atomic E-state index is 0.164. The molecule has 4 amide bonds. The van der Waals surface area contributed by atoms with Crippen LogP contribution in [0.2, 0.25) is 0 Å². The molecule has 8 heteroatoms. The molecule has 0 bridgehead atoms. The van der Waals surface area contributed by atoms with Crippen molar-refractivity contribution in [1.29, 1.82) is 0 Å². The van der Waals surface area contributed by atoms with E-state index in [2.05, 4.69) is 10.6 Å². The van der Waals surface area contributed by atoms with E-state index >= 15 is 0 Å². The SMILES string of the molecule is CCOC(=O)c1ccc(CNC(=O)Nc2ccc3c(c2)C(=O)N(CC(C)C)C3=O)cc1. The van der Waals surface area contributed by atoms with Crippen LogP contribution in [0.15, 0.2) is 42.5 Å². The van der Waals surface area contributed by atoms with Gasteiger partial charge in [-0.15, -0.1) is 0 Å². The van der Waals surface area contributed by atoms with Crippen molar-refractivity contribution in [2.45, 2.75) is 27.3 Å². The maximum atomic E-state index is 12.6. The molecule has 1 aliphatic rings. The Hall–Kier alpha value is -3.68. The summed E-state index contributed by atoms with van der Waals surface area (Å²) < 4.78 is 4.94. The van der Waals surface area contributed by atoms with Gasteiger partial charge in [0.1, 0.15) is 0 Å². The van der Waals surface area contributed by atoms with Gasteiger partial charge in [0.15, 0.2) is 0 Å². The van der Waals surface area contributed by atoms with Gasteiger partial charge in [0.2, 0.25) is 0 Å². The molecule has 2 N–H and O–H groups in total. The quantitative estimate of drug-likeness (QED) is 0.524. The lowest BCUT2D eigenvalue weighted by molar-refractivity contribution is 0.0525. The van der Waals surface area contributed by atoms with E-state index in [1.807, 2.05) is 13.8 Å². The highest BCUT2D eigenvalue weighted by Gasteiger charge is 2.35. The molecule has 162 valence electrons. The van der Waals surface area contributed by atoms with E-state index in [4.69, 9.17) is 4.74 Å². The van der Waals surface area contributed by atoms with Crippen LogP contribution in [0, 0.1) is 5.92 Å². The van der Waals surface area contributed by atoms with Crippen LogP contribution in [-0.2, 0) is 11.3 Å². The Labute approximate surface area is 180 Å². The number of benzene rings is 2. The fourth-order valence-corrected chi connectivity index (χ4v) is 3.23. The Morgan fingerprint density at radius 1 is 1.00 bits per heavy atom. The highest BCUT2D eigenvalue weighted by molar-refractivity contribution is 6.21. The number of nitrogens with zero attached hydrogens (tertiary/aromatic N) is 1. The van der Waals surface area contributed by atoms with Crippen molar-refractivity contribution in [3.8, 4) is 0 Å². The molecular weight excluding hydrogens is 398 g/mol. The van der Waals surface area contributed by atoms with Gasteiger partial charge in [-0.1, -0.05) is 26.0 Å². The van der Waals surface area contributed by atoms with Crippen molar-refractivity contribution in [2.75, 3.05) is 18.5 Å². The Morgan fingerprint density at radius 3 is 2.32 bits per heavy atom. The number of fused-ring (bicyclic) bond motifs is 1. The van der Waals surface area contributed by atoms with Crippen LogP contribution < -0.4 is 10.6 Å². The van der Waals surface area contributed by atoms with Gasteiger partial charge in [-0.2, -0.15) is 0 Å². The van der Waals surface area contributed by atoms with Gasteiger partial charge in [-0.05, 0) is 48.7 Å². The van der Waals surface area contributed by atoms with E-state index < -0.39 is 12.0 Å². The molecule has 0 unspecified atom stereocenters. The number of urea groups is 1. The van der Waals surface area contributed by atoms with Crippen LogP contribution in [0.4, 0.5) is 10.5 Å². The normalized spacial score (nSPS) is 12.7. The summed E-state index contributed by atoms with van der Waals surface area (Å²) in [5, 5.41) is 5.39. The van der Waals surface area contributed by atoms with Gasteiger partial charge in [-0.3, -0.25) is 14.5 Å². The molecular formula is C23H25N3O5. The number of nitrogens with one attached hydrogen (secondary N) is 2. The number of rotatable bonds is 7. The molecule has 0 aromatic heterocycles. The molecule has 2 aromatic rings. The lowest BCUT2D eigenvalue weighted by Gasteiger charge is -2.15. The summed E-state index contributed by atoms with van der Waals surface area (Å²) in [5.74, 6) is -0.885. The van der Waals surface area contributed by atoms with Crippen molar-refractivity contribution in [3.63, 3.8) is 0 Å². The van der Waals surface area contributed by atoms with Crippen LogP contribution in [0.25, 0.3) is 0 Å². The molecule has 0 aliphatic carbocycles. The van der Waals surface area contributed by atoms with Crippen molar-refractivity contribution < 1.29 is 23.9 Å². The number of hydrogen-bond donors (Lipinski definition) is 2. The lowest BCUT2D eigenvalue weighted by Crippen LogP contribution is -2.33. The highest BCUT2D eigenvalue weighted by atomic mass is 16.5. The van der Waals surface area contributed by atoms with E-state index in [1.165, 1.54) is 11.0 Å². The summed E-state index contributed by atoms with van der Waals surface area (Å²) in [6, 6.07) is 11.0. The van der Waals surface area contributed by atoms with Crippen molar-refractivity contribution in [3.05, 3.63) is 64.7 Å². The number of esters is 1. The van der Waals surface area contributed by atoms with Crippen LogP contribution >= 0.6 is 0 Å². The Morgan fingerprint density at radius 2 is 1.68 bits per heavy atom. The molecule has 2 aromatic carbocycles. The third-order valence-electron chi connectivity index (χ3n) is 4.69. The minimum atomic E-state index is -0.453. The van der Waals surface area contributed by atoms with E-state index in [9.17, 15) is 19.2 Å². The lowest BCUT2D eigenvalue weighted by atomic mass is 10.1. The van der Waals surface area contributed by atoms with Gasteiger partial charge in [0.05, 0.1) is 23.3 Å². The summed E-state index contributed by atoms with van der Waals surface area (Å²) >= 11 is 0. The van der Waals surface area contributed by atoms with Crippen molar-refractivity contribution in [2.24, 2.45) is 5.92 Å². The first kappa shape index (κ1) is 22.0. The first-order valence-corrected chi connectivity index (χ1v) is 10.1. The number of hydrogen-bond acceptors (Lipinski definition) is 5. The molecule has 0 saturated carbocycles. The second kappa shape index (κ2) is 9.42. The minimum Gasteiger partial charge on any atom is -0.462 e. The zero-order chi connectivity index (χ0) is 22.5. The second-order valence-corrected chi connectivity index (χ2v) is 7.60. The molecule has 1 heterocycles. The molecule has 0 saturated heterocycles. The summed E-state index contributed by atoms with van der Waals surface area (Å²) in [4.78, 5) is 50.1. The number of carbonyl (C=O) groups excluding carboxylic acids is 4.